The van der Waals surface area contributed by atoms with E-state index in [-0.39, 0.29) is 18.3 Å². The van der Waals surface area contributed by atoms with Gasteiger partial charge >= 0.3 is 6.09 Å². The molecule has 0 aliphatic carbocycles. The van der Waals surface area contributed by atoms with Crippen molar-refractivity contribution in [3.05, 3.63) is 71.3 Å². The Balaban J connectivity index is 1.71. The van der Waals surface area contributed by atoms with E-state index in [9.17, 15) is 4.79 Å². The second-order valence-electron chi connectivity index (χ2n) is 6.73. The lowest BCUT2D eigenvalue weighted by molar-refractivity contribution is -0.0260. The van der Waals surface area contributed by atoms with Crippen molar-refractivity contribution in [3.8, 4) is 0 Å². The second kappa shape index (κ2) is 8.86. The molecule has 1 aliphatic rings. The molecule has 4 heteroatoms. The number of hydrogen-bond donors (Lipinski definition) is 0. The van der Waals surface area contributed by atoms with Crippen LogP contribution in [0.3, 0.4) is 0 Å². The van der Waals surface area contributed by atoms with Gasteiger partial charge in [0.25, 0.3) is 0 Å². The first-order valence-corrected chi connectivity index (χ1v) is 9.36. The number of piperidine rings is 1. The molecule has 0 radical (unpaired) electrons. The minimum atomic E-state index is -0.218. The summed E-state index contributed by atoms with van der Waals surface area (Å²) in [5, 5.41) is 0. The first-order chi connectivity index (χ1) is 12.7. The fourth-order valence-electron chi connectivity index (χ4n) is 3.39. The highest BCUT2D eigenvalue weighted by Gasteiger charge is 2.27. The summed E-state index contributed by atoms with van der Waals surface area (Å²) in [7, 11) is 0. The van der Waals surface area contributed by atoms with Gasteiger partial charge < -0.3 is 14.4 Å². The molecule has 1 heterocycles. The van der Waals surface area contributed by atoms with Crippen molar-refractivity contribution in [1.29, 1.82) is 0 Å². The van der Waals surface area contributed by atoms with Gasteiger partial charge in [0.15, 0.2) is 0 Å². The topological polar surface area (TPSA) is 38.8 Å². The molecular weight excluding hydrogens is 326 g/mol. The van der Waals surface area contributed by atoms with Crippen molar-refractivity contribution < 1.29 is 14.3 Å². The molecule has 1 atom stereocenters. The molecule has 26 heavy (non-hydrogen) atoms. The van der Waals surface area contributed by atoms with E-state index in [4.69, 9.17) is 9.47 Å². The van der Waals surface area contributed by atoms with Crippen molar-refractivity contribution in [2.45, 2.75) is 38.9 Å². The van der Waals surface area contributed by atoms with E-state index in [0.29, 0.717) is 19.7 Å². The highest BCUT2D eigenvalue weighted by molar-refractivity contribution is 5.67. The standard InChI is InChI=1S/C22H27NO3/c1-3-25-22(24)23-14-12-20(13-15-23)26-21(18-9-5-4-6-10-18)19-11-7-8-17(2)16-19/h4-11,16,20-21H,3,12-15H2,1-2H3. The lowest BCUT2D eigenvalue weighted by Crippen LogP contribution is -2.41. The van der Waals surface area contributed by atoms with Crippen molar-refractivity contribution in [1.82, 2.24) is 4.90 Å². The predicted molar refractivity (Wildman–Crippen MR) is 102 cm³/mol. The van der Waals surface area contributed by atoms with Crippen LogP contribution in [0.1, 0.15) is 42.6 Å². The van der Waals surface area contributed by atoms with Gasteiger partial charge in [-0.2, -0.15) is 0 Å². The molecule has 4 nitrogen and oxygen atoms in total. The zero-order valence-electron chi connectivity index (χ0n) is 15.6. The Morgan fingerprint density at radius 3 is 2.42 bits per heavy atom. The van der Waals surface area contributed by atoms with Gasteiger partial charge in [0, 0.05) is 13.1 Å². The number of carbonyl (C=O) groups is 1. The summed E-state index contributed by atoms with van der Waals surface area (Å²) in [6, 6.07) is 18.8. The van der Waals surface area contributed by atoms with E-state index in [1.54, 1.807) is 4.90 Å². The first kappa shape index (κ1) is 18.5. The summed E-state index contributed by atoms with van der Waals surface area (Å²) in [4.78, 5) is 13.6. The Kier molecular flexibility index (Phi) is 6.29. The Labute approximate surface area is 155 Å². The zero-order valence-corrected chi connectivity index (χ0v) is 15.6. The van der Waals surface area contributed by atoms with Crippen molar-refractivity contribution in [3.63, 3.8) is 0 Å². The molecule has 2 aromatic rings. The largest absolute Gasteiger partial charge is 0.450 e. The minimum absolute atomic E-state index is 0.0877. The second-order valence-corrected chi connectivity index (χ2v) is 6.73. The molecule has 1 fully saturated rings. The van der Waals surface area contributed by atoms with Gasteiger partial charge in [-0.25, -0.2) is 4.79 Å². The maximum Gasteiger partial charge on any atom is 0.409 e. The van der Waals surface area contributed by atoms with Crippen LogP contribution in [0.5, 0.6) is 0 Å². The van der Waals surface area contributed by atoms with Crippen LogP contribution >= 0.6 is 0 Å². The van der Waals surface area contributed by atoms with Crippen LogP contribution in [0, 0.1) is 6.92 Å². The van der Waals surface area contributed by atoms with Gasteiger partial charge in [0.05, 0.1) is 12.7 Å². The van der Waals surface area contributed by atoms with Crippen LogP contribution in [0.15, 0.2) is 54.6 Å². The summed E-state index contributed by atoms with van der Waals surface area (Å²) in [6.07, 6.45) is 1.48. The van der Waals surface area contributed by atoms with Crippen molar-refractivity contribution >= 4 is 6.09 Å². The number of rotatable bonds is 5. The van der Waals surface area contributed by atoms with Gasteiger partial charge in [-0.15, -0.1) is 0 Å². The molecule has 2 aromatic carbocycles. The maximum atomic E-state index is 11.9. The van der Waals surface area contributed by atoms with E-state index >= 15 is 0 Å². The highest BCUT2D eigenvalue weighted by atomic mass is 16.6. The van der Waals surface area contributed by atoms with E-state index < -0.39 is 0 Å². The monoisotopic (exact) mass is 353 g/mol. The van der Waals surface area contributed by atoms with Gasteiger partial charge in [-0.1, -0.05) is 60.2 Å². The predicted octanol–water partition coefficient (Wildman–Crippen LogP) is 4.72. The van der Waals surface area contributed by atoms with Crippen LogP contribution in [0.4, 0.5) is 4.79 Å². The summed E-state index contributed by atoms with van der Waals surface area (Å²) in [6.45, 7) is 5.71. The molecule has 1 unspecified atom stereocenters. The third-order valence-electron chi connectivity index (χ3n) is 4.74. The van der Waals surface area contributed by atoms with Crippen molar-refractivity contribution in [2.24, 2.45) is 0 Å². The quantitative estimate of drug-likeness (QED) is 0.780. The molecule has 1 aliphatic heterocycles. The maximum absolute atomic E-state index is 11.9. The molecule has 1 amide bonds. The van der Waals surface area contributed by atoms with Gasteiger partial charge in [-0.05, 0) is 37.8 Å². The molecule has 138 valence electrons. The molecule has 0 N–H and O–H groups in total. The number of ether oxygens (including phenoxy) is 2. The number of carbonyl (C=O) groups excluding carboxylic acids is 1. The Bertz CT molecular complexity index is 708. The van der Waals surface area contributed by atoms with Crippen LogP contribution in [0.2, 0.25) is 0 Å². The van der Waals surface area contributed by atoms with Crippen LogP contribution in [0.25, 0.3) is 0 Å². The summed E-state index contributed by atoms with van der Waals surface area (Å²) < 4.78 is 11.6. The third kappa shape index (κ3) is 4.64. The van der Waals surface area contributed by atoms with Gasteiger partial charge in [-0.3, -0.25) is 0 Å². The van der Waals surface area contributed by atoms with Crippen LogP contribution in [-0.2, 0) is 9.47 Å². The number of nitrogens with zero attached hydrogens (tertiary/aromatic N) is 1. The molecule has 0 aromatic heterocycles. The van der Waals surface area contributed by atoms with Crippen LogP contribution in [-0.4, -0.2) is 36.8 Å². The molecule has 0 bridgehead atoms. The fraction of sp³-hybridized carbons (Fsp3) is 0.409. The van der Waals surface area contributed by atoms with Crippen LogP contribution < -0.4 is 0 Å². The van der Waals surface area contributed by atoms with Gasteiger partial charge in [0.1, 0.15) is 6.10 Å². The van der Waals surface area contributed by atoms with Crippen molar-refractivity contribution in [2.75, 3.05) is 19.7 Å². The lowest BCUT2D eigenvalue weighted by atomic mass is 9.99. The normalized spacial score (nSPS) is 16.3. The number of amides is 1. The molecule has 0 spiro atoms. The number of benzene rings is 2. The zero-order chi connectivity index (χ0) is 18.4. The number of likely N-dealkylation sites (tertiary alicyclic amines) is 1. The molecule has 3 rings (SSSR count). The van der Waals surface area contributed by atoms with E-state index in [1.807, 2.05) is 25.1 Å². The number of aryl methyl sites for hydroxylation is 1. The lowest BCUT2D eigenvalue weighted by Gasteiger charge is -2.33. The summed E-state index contributed by atoms with van der Waals surface area (Å²) in [5.74, 6) is 0. The third-order valence-corrected chi connectivity index (χ3v) is 4.74. The van der Waals surface area contributed by atoms with E-state index in [2.05, 4.69) is 43.3 Å². The molecular formula is C22H27NO3. The average Bonchev–Trinajstić information content (AvgIpc) is 2.67. The Hall–Kier alpha value is -2.33. The molecule has 1 saturated heterocycles. The van der Waals surface area contributed by atoms with E-state index in [1.165, 1.54) is 11.1 Å². The summed E-state index contributed by atoms with van der Waals surface area (Å²) in [5.41, 5.74) is 3.55. The number of hydrogen-bond acceptors (Lipinski definition) is 3. The average molecular weight is 353 g/mol. The van der Waals surface area contributed by atoms with Gasteiger partial charge in [0.2, 0.25) is 0 Å². The highest BCUT2D eigenvalue weighted by Crippen LogP contribution is 2.30. The Morgan fingerprint density at radius 2 is 1.77 bits per heavy atom. The fourth-order valence-corrected chi connectivity index (χ4v) is 3.39. The Morgan fingerprint density at radius 1 is 1.08 bits per heavy atom. The first-order valence-electron chi connectivity index (χ1n) is 9.36. The molecule has 0 saturated carbocycles. The summed E-state index contributed by atoms with van der Waals surface area (Å²) >= 11 is 0. The SMILES string of the molecule is CCOC(=O)N1CCC(OC(c2ccccc2)c2cccc(C)c2)CC1. The smallest absolute Gasteiger partial charge is 0.409 e. The minimum Gasteiger partial charge on any atom is -0.450 e. The van der Waals surface area contributed by atoms with E-state index in [0.717, 1.165) is 18.4 Å².